The van der Waals surface area contributed by atoms with Gasteiger partial charge in [0, 0.05) is 32.8 Å². The second-order valence-electron chi connectivity index (χ2n) is 7.08. The molecule has 7 heteroatoms. The number of hydrogen-bond donors (Lipinski definition) is 1. The van der Waals surface area contributed by atoms with Crippen LogP contribution < -0.4 is 0 Å². The van der Waals surface area contributed by atoms with E-state index in [-0.39, 0.29) is 30.3 Å². The fourth-order valence-electron chi connectivity index (χ4n) is 4.27. The molecule has 1 aromatic rings. The second kappa shape index (κ2) is 7.85. The molecular formula is C18H29N3O4. The van der Waals surface area contributed by atoms with E-state index >= 15 is 0 Å². The number of aromatic nitrogens is 2. The number of rotatable bonds is 7. The van der Waals surface area contributed by atoms with Crippen molar-refractivity contribution < 1.29 is 19.4 Å². The summed E-state index contributed by atoms with van der Waals surface area (Å²) >= 11 is 0. The number of fused-ring (bicyclic) bond motifs is 1. The largest absolute Gasteiger partial charge is 0.394 e. The maximum Gasteiger partial charge on any atom is 0.224 e. The first-order chi connectivity index (χ1) is 12.1. The molecule has 1 amide bonds. The van der Waals surface area contributed by atoms with Crippen LogP contribution >= 0.6 is 0 Å². The van der Waals surface area contributed by atoms with Gasteiger partial charge in [0.1, 0.15) is 0 Å². The SMILES string of the molecule is CO[C@@]12CC[C@H](OCCO)C[C@@H]1N(C(=O)CCn1ccc(C)n1)CC2. The van der Waals surface area contributed by atoms with Gasteiger partial charge < -0.3 is 19.5 Å². The van der Waals surface area contributed by atoms with Gasteiger partial charge in [-0.05, 0) is 38.7 Å². The molecule has 2 aliphatic rings. The molecule has 1 saturated carbocycles. The lowest BCUT2D eigenvalue weighted by Crippen LogP contribution is -2.53. The number of amides is 1. The van der Waals surface area contributed by atoms with Crippen LogP contribution in [0.25, 0.3) is 0 Å². The van der Waals surface area contributed by atoms with Gasteiger partial charge in [-0.3, -0.25) is 9.48 Å². The van der Waals surface area contributed by atoms with E-state index in [0.29, 0.717) is 19.6 Å². The molecule has 140 valence electrons. The van der Waals surface area contributed by atoms with Crippen LogP contribution in [0.3, 0.4) is 0 Å². The van der Waals surface area contributed by atoms with Crippen LogP contribution in [0.2, 0.25) is 0 Å². The first-order valence-electron chi connectivity index (χ1n) is 9.15. The molecule has 1 aliphatic carbocycles. The van der Waals surface area contributed by atoms with Crippen LogP contribution in [0.5, 0.6) is 0 Å². The fourth-order valence-corrected chi connectivity index (χ4v) is 4.27. The molecule has 0 unspecified atom stereocenters. The van der Waals surface area contributed by atoms with Crippen LogP contribution in [-0.4, -0.2) is 70.3 Å². The van der Waals surface area contributed by atoms with Crippen molar-refractivity contribution >= 4 is 5.91 Å². The molecule has 25 heavy (non-hydrogen) atoms. The van der Waals surface area contributed by atoms with Gasteiger partial charge in [0.05, 0.1) is 36.7 Å². The number of methoxy groups -OCH3 is 1. The van der Waals surface area contributed by atoms with E-state index in [2.05, 4.69) is 5.10 Å². The Morgan fingerprint density at radius 2 is 2.32 bits per heavy atom. The van der Waals surface area contributed by atoms with Gasteiger partial charge in [0.2, 0.25) is 5.91 Å². The summed E-state index contributed by atoms with van der Waals surface area (Å²) in [4.78, 5) is 14.8. The average Bonchev–Trinajstić information content (AvgIpc) is 3.21. The van der Waals surface area contributed by atoms with E-state index in [1.807, 2.05) is 28.8 Å². The predicted octanol–water partition coefficient (Wildman–Crippen LogP) is 1.13. The Morgan fingerprint density at radius 1 is 1.48 bits per heavy atom. The van der Waals surface area contributed by atoms with Crippen molar-refractivity contribution in [3.05, 3.63) is 18.0 Å². The lowest BCUT2D eigenvalue weighted by atomic mass is 9.79. The zero-order valence-electron chi connectivity index (χ0n) is 15.2. The molecule has 0 spiro atoms. The summed E-state index contributed by atoms with van der Waals surface area (Å²) in [5.74, 6) is 0.153. The van der Waals surface area contributed by atoms with Crippen LogP contribution in [0.4, 0.5) is 0 Å². The third-order valence-corrected chi connectivity index (χ3v) is 5.64. The van der Waals surface area contributed by atoms with Crippen LogP contribution in [0.1, 0.15) is 37.8 Å². The van der Waals surface area contributed by atoms with Gasteiger partial charge in [-0.1, -0.05) is 0 Å². The number of aliphatic hydroxyl groups excluding tert-OH is 1. The Morgan fingerprint density at radius 3 is 3.00 bits per heavy atom. The summed E-state index contributed by atoms with van der Waals surface area (Å²) in [6, 6.07) is 2.00. The van der Waals surface area contributed by atoms with Crippen molar-refractivity contribution in [1.82, 2.24) is 14.7 Å². The van der Waals surface area contributed by atoms with Crippen molar-refractivity contribution in [2.75, 3.05) is 26.9 Å². The Balaban J connectivity index is 1.63. The van der Waals surface area contributed by atoms with Gasteiger partial charge in [0.15, 0.2) is 0 Å². The van der Waals surface area contributed by atoms with Crippen molar-refractivity contribution in [2.24, 2.45) is 0 Å². The third kappa shape index (κ3) is 3.88. The maximum absolute atomic E-state index is 12.8. The number of carbonyl (C=O) groups excluding carboxylic acids is 1. The molecule has 1 aromatic heterocycles. The number of likely N-dealkylation sites (tertiary alicyclic amines) is 1. The maximum atomic E-state index is 12.8. The zero-order chi connectivity index (χ0) is 17.9. The molecular weight excluding hydrogens is 322 g/mol. The monoisotopic (exact) mass is 351 g/mol. The summed E-state index contributed by atoms with van der Waals surface area (Å²) in [6.45, 7) is 3.66. The van der Waals surface area contributed by atoms with Crippen LogP contribution in [0, 0.1) is 6.92 Å². The number of hydrogen-bond acceptors (Lipinski definition) is 5. The van der Waals surface area contributed by atoms with E-state index in [0.717, 1.165) is 37.9 Å². The number of ether oxygens (including phenoxy) is 2. The number of aliphatic hydroxyl groups is 1. The first-order valence-corrected chi connectivity index (χ1v) is 9.15. The Kier molecular flexibility index (Phi) is 5.76. The topological polar surface area (TPSA) is 76.8 Å². The van der Waals surface area contributed by atoms with E-state index in [1.54, 1.807) is 7.11 Å². The van der Waals surface area contributed by atoms with Crippen molar-refractivity contribution in [3.63, 3.8) is 0 Å². The Bertz CT molecular complexity index is 591. The summed E-state index contributed by atoms with van der Waals surface area (Å²) in [6.07, 6.45) is 5.91. The molecule has 1 aliphatic heterocycles. The highest BCUT2D eigenvalue weighted by Gasteiger charge is 2.52. The molecule has 3 atom stereocenters. The molecule has 3 rings (SSSR count). The fraction of sp³-hybridized carbons (Fsp3) is 0.778. The lowest BCUT2D eigenvalue weighted by molar-refractivity contribution is -0.142. The van der Waals surface area contributed by atoms with E-state index in [1.165, 1.54) is 0 Å². The van der Waals surface area contributed by atoms with Gasteiger partial charge in [0.25, 0.3) is 0 Å². The number of carbonyl (C=O) groups is 1. The highest BCUT2D eigenvalue weighted by Crippen LogP contribution is 2.43. The van der Waals surface area contributed by atoms with Gasteiger partial charge >= 0.3 is 0 Å². The third-order valence-electron chi connectivity index (χ3n) is 5.64. The summed E-state index contributed by atoms with van der Waals surface area (Å²) in [7, 11) is 1.75. The van der Waals surface area contributed by atoms with E-state index in [4.69, 9.17) is 14.6 Å². The highest BCUT2D eigenvalue weighted by molar-refractivity contribution is 5.77. The minimum atomic E-state index is -0.239. The normalized spacial score (nSPS) is 29.0. The van der Waals surface area contributed by atoms with Crippen molar-refractivity contribution in [3.8, 4) is 0 Å². The molecule has 1 saturated heterocycles. The predicted molar refractivity (Wildman–Crippen MR) is 92.1 cm³/mol. The summed E-state index contributed by atoms with van der Waals surface area (Å²) < 4.78 is 13.4. The van der Waals surface area contributed by atoms with Crippen LogP contribution in [0.15, 0.2) is 12.3 Å². The van der Waals surface area contributed by atoms with Gasteiger partial charge in [-0.2, -0.15) is 5.10 Å². The lowest BCUT2D eigenvalue weighted by Gasteiger charge is -2.43. The summed E-state index contributed by atoms with van der Waals surface area (Å²) in [5, 5.41) is 13.3. The quantitative estimate of drug-likeness (QED) is 0.797. The molecule has 0 bridgehead atoms. The van der Waals surface area contributed by atoms with E-state index < -0.39 is 0 Å². The zero-order valence-corrected chi connectivity index (χ0v) is 15.2. The second-order valence-corrected chi connectivity index (χ2v) is 7.08. The molecule has 2 heterocycles. The average molecular weight is 351 g/mol. The molecule has 7 nitrogen and oxygen atoms in total. The Labute approximate surface area is 148 Å². The minimum Gasteiger partial charge on any atom is -0.394 e. The summed E-state index contributed by atoms with van der Waals surface area (Å²) in [5.41, 5.74) is 0.722. The molecule has 1 N–H and O–H groups in total. The van der Waals surface area contributed by atoms with Crippen molar-refractivity contribution in [1.29, 1.82) is 0 Å². The molecule has 0 aromatic carbocycles. The smallest absolute Gasteiger partial charge is 0.224 e. The van der Waals surface area contributed by atoms with E-state index in [9.17, 15) is 4.79 Å². The standard InChI is InChI=1S/C18H29N3O4/c1-14-4-8-20(19-14)9-5-17(23)21-10-7-18(24-2)6-3-15(13-16(18)21)25-12-11-22/h4,8,15-16,22H,3,5-7,9-13H2,1-2H3/t15-,16-,18+/m0/s1. The Hall–Kier alpha value is -1.44. The molecule has 2 fully saturated rings. The van der Waals surface area contributed by atoms with Crippen LogP contribution in [-0.2, 0) is 20.8 Å². The molecule has 0 radical (unpaired) electrons. The minimum absolute atomic E-state index is 0.0303. The first kappa shape index (κ1) is 18.4. The number of nitrogens with zero attached hydrogens (tertiary/aromatic N) is 3. The van der Waals surface area contributed by atoms with Crippen molar-refractivity contribution in [2.45, 2.75) is 63.3 Å². The van der Waals surface area contributed by atoms with Gasteiger partial charge in [-0.15, -0.1) is 0 Å². The number of aryl methyl sites for hydroxylation is 2. The van der Waals surface area contributed by atoms with Gasteiger partial charge in [-0.25, -0.2) is 0 Å². The highest BCUT2D eigenvalue weighted by atomic mass is 16.5.